The fourth-order valence-electron chi connectivity index (χ4n) is 4.46. The van der Waals surface area contributed by atoms with Gasteiger partial charge in [-0.25, -0.2) is 4.98 Å². The molecule has 1 aromatic carbocycles. The smallest absolute Gasteiger partial charge is 0.177 e. The van der Waals surface area contributed by atoms with Crippen molar-refractivity contribution < 1.29 is 9.50 Å². The molecule has 0 aliphatic carbocycles. The third-order valence-electron chi connectivity index (χ3n) is 6.33. The van der Waals surface area contributed by atoms with Crippen molar-refractivity contribution in [2.45, 2.75) is 6.23 Å². The first-order valence-electron chi connectivity index (χ1n) is 12.0. The lowest BCUT2D eigenvalue weighted by molar-refractivity contribution is 0.208. The number of H-pyrrole nitrogens is 2. The molecule has 0 aliphatic rings. The topological polar surface area (TPSA) is 128 Å². The summed E-state index contributed by atoms with van der Waals surface area (Å²) in [6.45, 7) is 0. The van der Waals surface area contributed by atoms with E-state index >= 15 is 0 Å². The minimum atomic E-state index is -0.877. The maximum Gasteiger partial charge on any atom is 0.177 e. The molecule has 11 heteroatoms. The van der Waals surface area contributed by atoms with Crippen LogP contribution < -0.4 is 5.32 Å². The summed E-state index contributed by atoms with van der Waals surface area (Å²) >= 11 is 1.03. The molecule has 0 saturated carbocycles. The molecule has 39 heavy (non-hydrogen) atoms. The first-order chi connectivity index (χ1) is 19.1. The summed E-state index contributed by atoms with van der Waals surface area (Å²) in [4.78, 5) is 22.2. The summed E-state index contributed by atoms with van der Waals surface area (Å²) in [5.41, 5.74) is 6.24. The minimum Gasteiger partial charge on any atom is -0.369 e. The van der Waals surface area contributed by atoms with Crippen LogP contribution in [0.3, 0.4) is 0 Å². The van der Waals surface area contributed by atoms with Crippen LogP contribution in [0.2, 0.25) is 0 Å². The van der Waals surface area contributed by atoms with Gasteiger partial charge in [0.1, 0.15) is 16.9 Å². The third kappa shape index (κ3) is 4.29. The van der Waals surface area contributed by atoms with Crippen LogP contribution in [0.1, 0.15) is 11.8 Å². The molecule has 0 fully saturated rings. The zero-order valence-electron chi connectivity index (χ0n) is 20.1. The van der Waals surface area contributed by atoms with Crippen molar-refractivity contribution in [2.75, 3.05) is 5.32 Å². The lowest BCUT2D eigenvalue weighted by Gasteiger charge is -2.14. The molecule has 7 aromatic rings. The zero-order chi connectivity index (χ0) is 26.3. The Bertz CT molecular complexity index is 1950. The van der Waals surface area contributed by atoms with Crippen LogP contribution in [0.15, 0.2) is 85.5 Å². The largest absolute Gasteiger partial charge is 0.369 e. The van der Waals surface area contributed by atoms with Crippen molar-refractivity contribution in [3.05, 3.63) is 96.1 Å². The number of aliphatic hydroxyl groups is 1. The summed E-state index contributed by atoms with van der Waals surface area (Å²) in [6.07, 6.45) is 5.87. The molecule has 0 saturated heterocycles. The van der Waals surface area contributed by atoms with Gasteiger partial charge in [0.15, 0.2) is 17.2 Å². The zero-order valence-corrected chi connectivity index (χ0v) is 20.9. The van der Waals surface area contributed by atoms with Gasteiger partial charge in [0, 0.05) is 28.9 Å². The van der Waals surface area contributed by atoms with Gasteiger partial charge in [0.25, 0.3) is 0 Å². The Morgan fingerprint density at radius 2 is 1.82 bits per heavy atom. The highest BCUT2D eigenvalue weighted by molar-refractivity contribution is 7.13. The van der Waals surface area contributed by atoms with Crippen LogP contribution in [0.25, 0.3) is 55.3 Å². The molecule has 0 aliphatic heterocycles. The molecule has 1 unspecified atom stereocenters. The Labute approximate surface area is 224 Å². The number of aromatic amines is 2. The Morgan fingerprint density at radius 1 is 0.923 bits per heavy atom. The Balaban J connectivity index is 1.25. The average Bonchev–Trinajstić information content (AvgIpc) is 3.71. The van der Waals surface area contributed by atoms with E-state index in [1.165, 1.54) is 6.07 Å². The van der Waals surface area contributed by atoms with Gasteiger partial charge in [0.05, 0.1) is 39.7 Å². The summed E-state index contributed by atoms with van der Waals surface area (Å²) in [7, 11) is 0. The molecule has 0 spiro atoms. The second-order valence-corrected chi connectivity index (χ2v) is 9.89. The predicted octanol–water partition coefficient (Wildman–Crippen LogP) is 5.93. The summed E-state index contributed by atoms with van der Waals surface area (Å²) in [6, 6.07) is 18.1. The summed E-state index contributed by atoms with van der Waals surface area (Å²) in [5, 5.41) is 21.7. The van der Waals surface area contributed by atoms with Gasteiger partial charge in [-0.2, -0.15) is 9.49 Å². The second kappa shape index (κ2) is 9.39. The number of anilines is 1. The molecular weight excluding hydrogens is 515 g/mol. The van der Waals surface area contributed by atoms with Crippen molar-refractivity contribution in [2.24, 2.45) is 0 Å². The normalized spacial score (nSPS) is 12.3. The first kappa shape index (κ1) is 23.1. The SMILES string of the molecule is OC(Nc1cncc(-c2cc3c(-c4nc5c(-c6ccc(F)s6)nccc5[nH]4)n[nH]c3cn2)c1)c1ccccc1. The Morgan fingerprint density at radius 3 is 2.67 bits per heavy atom. The number of fused-ring (bicyclic) bond motifs is 2. The molecule has 0 radical (unpaired) electrons. The highest BCUT2D eigenvalue weighted by Gasteiger charge is 2.18. The van der Waals surface area contributed by atoms with Crippen LogP contribution in [0.5, 0.6) is 0 Å². The van der Waals surface area contributed by atoms with E-state index in [4.69, 9.17) is 4.98 Å². The number of nitrogens with one attached hydrogen (secondary N) is 3. The molecule has 0 bridgehead atoms. The van der Waals surface area contributed by atoms with Crippen LogP contribution in [0, 0.1) is 5.13 Å². The van der Waals surface area contributed by atoms with Crippen LogP contribution in [0.4, 0.5) is 10.1 Å². The Kier molecular flexibility index (Phi) is 5.57. The number of hydrogen-bond acceptors (Lipinski definition) is 8. The van der Waals surface area contributed by atoms with E-state index in [2.05, 4.69) is 35.5 Å². The van der Waals surface area contributed by atoms with Crippen molar-refractivity contribution in [1.29, 1.82) is 0 Å². The van der Waals surface area contributed by atoms with E-state index in [9.17, 15) is 9.50 Å². The first-order valence-corrected chi connectivity index (χ1v) is 12.8. The highest BCUT2D eigenvalue weighted by atomic mass is 32.1. The quantitative estimate of drug-likeness (QED) is 0.195. The van der Waals surface area contributed by atoms with Gasteiger partial charge in [-0.3, -0.25) is 20.1 Å². The van der Waals surface area contributed by atoms with Crippen molar-refractivity contribution in [3.63, 3.8) is 0 Å². The lowest BCUT2D eigenvalue weighted by Crippen LogP contribution is -2.09. The molecule has 0 amide bonds. The van der Waals surface area contributed by atoms with Gasteiger partial charge >= 0.3 is 0 Å². The van der Waals surface area contributed by atoms with E-state index in [0.29, 0.717) is 39.0 Å². The van der Waals surface area contributed by atoms with Crippen LogP contribution >= 0.6 is 11.3 Å². The number of nitrogens with zero attached hydrogens (tertiary/aromatic N) is 5. The molecule has 1 atom stereocenters. The van der Waals surface area contributed by atoms with Crippen molar-refractivity contribution in [3.8, 4) is 33.3 Å². The number of aromatic nitrogens is 7. The molecule has 4 N–H and O–H groups in total. The molecule has 7 rings (SSSR count). The number of rotatable bonds is 6. The number of pyridine rings is 3. The molecule has 6 heterocycles. The number of thiophene rings is 1. The standard InChI is InChI=1S/C28H19FN8OS/c29-23-7-6-22(39-23)26-25-19(8-9-31-26)34-27(35-25)24-18-11-20(32-14-21(18)36-37-24)16-10-17(13-30-12-16)33-28(38)15-4-2-1-3-5-15/h1-14,28,33,38H,(H,34,35)(H,36,37). The second-order valence-electron chi connectivity index (χ2n) is 8.85. The van der Waals surface area contributed by atoms with Crippen LogP contribution in [-0.2, 0) is 0 Å². The lowest BCUT2D eigenvalue weighted by atomic mass is 10.1. The van der Waals surface area contributed by atoms with Gasteiger partial charge in [-0.1, -0.05) is 30.3 Å². The number of imidazole rings is 1. The van der Waals surface area contributed by atoms with Gasteiger partial charge < -0.3 is 15.4 Å². The summed E-state index contributed by atoms with van der Waals surface area (Å²) in [5.74, 6) is 0.555. The molecule has 6 aromatic heterocycles. The van der Waals surface area contributed by atoms with Crippen molar-refractivity contribution >= 4 is 39.0 Å². The predicted molar refractivity (Wildman–Crippen MR) is 148 cm³/mol. The van der Waals surface area contributed by atoms with E-state index in [-0.39, 0.29) is 5.13 Å². The van der Waals surface area contributed by atoms with E-state index in [0.717, 1.165) is 38.9 Å². The molecule has 190 valence electrons. The fourth-order valence-corrected chi connectivity index (χ4v) is 5.19. The van der Waals surface area contributed by atoms with Gasteiger partial charge in [-0.15, -0.1) is 11.3 Å². The average molecular weight is 535 g/mol. The van der Waals surface area contributed by atoms with E-state index in [1.807, 2.05) is 48.5 Å². The van der Waals surface area contributed by atoms with Crippen LogP contribution in [-0.4, -0.2) is 40.2 Å². The maximum absolute atomic E-state index is 13.7. The highest BCUT2D eigenvalue weighted by Crippen LogP contribution is 2.34. The van der Waals surface area contributed by atoms with Gasteiger partial charge in [0.2, 0.25) is 0 Å². The number of hydrogen-bond donors (Lipinski definition) is 4. The number of halogens is 1. The number of aliphatic hydroxyl groups excluding tert-OH is 1. The third-order valence-corrected chi connectivity index (χ3v) is 7.21. The van der Waals surface area contributed by atoms with Crippen molar-refractivity contribution in [1.82, 2.24) is 35.1 Å². The minimum absolute atomic E-state index is 0.277. The fraction of sp³-hybridized carbons (Fsp3) is 0.0357. The molecule has 9 nitrogen and oxygen atoms in total. The van der Waals surface area contributed by atoms with E-state index < -0.39 is 6.23 Å². The maximum atomic E-state index is 13.7. The monoisotopic (exact) mass is 534 g/mol. The Hall–Kier alpha value is -5.00. The summed E-state index contributed by atoms with van der Waals surface area (Å²) < 4.78 is 13.7. The number of benzene rings is 1. The van der Waals surface area contributed by atoms with Gasteiger partial charge in [-0.05, 0) is 30.3 Å². The van der Waals surface area contributed by atoms with E-state index in [1.54, 1.807) is 30.9 Å². The molecular formula is C28H19FN8OS.